The Hall–Kier alpha value is -2.10. The Morgan fingerprint density at radius 3 is 2.22 bits per heavy atom. The number of amides is 1. The molecule has 0 aromatic heterocycles. The third kappa shape index (κ3) is 3.91. The molecule has 4 rings (SSSR count). The van der Waals surface area contributed by atoms with Gasteiger partial charge in [-0.2, -0.15) is 0 Å². The minimum absolute atomic E-state index is 0.0508. The first-order valence-electron chi connectivity index (χ1n) is 10.1. The molecule has 32 heavy (non-hydrogen) atoms. The van der Waals surface area contributed by atoms with Crippen LogP contribution in [0.15, 0.2) is 35.2 Å². The van der Waals surface area contributed by atoms with Crippen LogP contribution >= 0.6 is 11.6 Å². The van der Waals surface area contributed by atoms with E-state index < -0.39 is 44.0 Å². The minimum Gasteiger partial charge on any atom is -0.390 e. The lowest BCUT2D eigenvalue weighted by atomic mass is 9.76. The predicted octanol–water partition coefficient (Wildman–Crippen LogP) is 4.72. The van der Waals surface area contributed by atoms with Gasteiger partial charge in [0, 0.05) is 23.4 Å². The first-order valence-corrected chi connectivity index (χ1v) is 12.1. The van der Waals surface area contributed by atoms with Gasteiger partial charge in [-0.15, -0.1) is 0 Å². The molecule has 2 bridgehead atoms. The monoisotopic (exact) mass is 487 g/mol. The molecule has 172 valence electrons. The summed E-state index contributed by atoms with van der Waals surface area (Å²) in [5.41, 5.74) is -1.31. The molecule has 2 aromatic rings. The van der Waals surface area contributed by atoms with Crippen LogP contribution in [0.2, 0.25) is 5.02 Å². The lowest BCUT2D eigenvalue weighted by molar-refractivity contribution is -0.0413. The molecule has 2 aromatic carbocycles. The Bertz CT molecular complexity index is 1160. The van der Waals surface area contributed by atoms with Crippen molar-refractivity contribution >= 4 is 33.0 Å². The van der Waals surface area contributed by atoms with Crippen LogP contribution in [0, 0.1) is 29.3 Å². The quantitative estimate of drug-likeness (QED) is 0.611. The highest BCUT2D eigenvalue weighted by Gasteiger charge is 2.53. The van der Waals surface area contributed by atoms with Gasteiger partial charge >= 0.3 is 0 Å². The van der Waals surface area contributed by atoms with Gasteiger partial charge in [-0.1, -0.05) is 11.6 Å². The van der Waals surface area contributed by atoms with Gasteiger partial charge in [-0.05, 0) is 62.6 Å². The number of anilines is 1. The molecular formula is C22H21ClF3NO4S. The molecule has 2 atom stereocenters. The molecule has 2 fully saturated rings. The Balaban J connectivity index is 1.61. The molecule has 2 N–H and O–H groups in total. The summed E-state index contributed by atoms with van der Waals surface area (Å²) in [6.07, 6.45) is 2.11. The molecule has 0 saturated heterocycles. The molecule has 2 aliphatic rings. The van der Waals surface area contributed by atoms with E-state index in [0.717, 1.165) is 18.9 Å². The van der Waals surface area contributed by atoms with Crippen LogP contribution in [0.3, 0.4) is 0 Å². The largest absolute Gasteiger partial charge is 0.390 e. The van der Waals surface area contributed by atoms with E-state index in [1.165, 1.54) is 12.1 Å². The van der Waals surface area contributed by atoms with Gasteiger partial charge in [0.05, 0.1) is 20.8 Å². The van der Waals surface area contributed by atoms with E-state index >= 15 is 0 Å². The lowest BCUT2D eigenvalue weighted by Gasteiger charge is -2.40. The molecule has 5 nitrogen and oxygen atoms in total. The number of hydrogen-bond acceptors (Lipinski definition) is 4. The zero-order valence-electron chi connectivity index (χ0n) is 17.0. The molecule has 0 aliphatic heterocycles. The van der Waals surface area contributed by atoms with E-state index in [9.17, 15) is 31.5 Å². The van der Waals surface area contributed by atoms with Gasteiger partial charge < -0.3 is 10.4 Å². The number of carbonyl (C=O) groups excluding carboxylic acids is 1. The molecule has 0 spiro atoms. The number of hydrogen-bond donors (Lipinski definition) is 2. The fourth-order valence-corrected chi connectivity index (χ4v) is 7.29. The Labute approximate surface area is 188 Å². The SMILES string of the molecule is C[C@]1(O)C2CCC1C[C@@H](S(=O)(=O)c1cc(C(=O)Nc3cc(F)c(F)c(F)c3)ccc1Cl)C2. The second-order valence-electron chi connectivity index (χ2n) is 8.69. The molecule has 0 heterocycles. The summed E-state index contributed by atoms with van der Waals surface area (Å²) in [4.78, 5) is 12.4. The van der Waals surface area contributed by atoms with Gasteiger partial charge in [0.25, 0.3) is 5.91 Å². The number of fused-ring (bicyclic) bond motifs is 2. The minimum atomic E-state index is -3.91. The van der Waals surface area contributed by atoms with E-state index in [1.54, 1.807) is 6.92 Å². The number of rotatable bonds is 4. The van der Waals surface area contributed by atoms with Gasteiger partial charge in [0.2, 0.25) is 0 Å². The van der Waals surface area contributed by atoms with E-state index in [0.29, 0.717) is 25.0 Å². The zero-order chi connectivity index (χ0) is 23.4. The van der Waals surface area contributed by atoms with E-state index in [4.69, 9.17) is 11.6 Å². The highest BCUT2D eigenvalue weighted by Crippen LogP contribution is 2.51. The van der Waals surface area contributed by atoms with Crippen molar-refractivity contribution in [2.75, 3.05) is 5.32 Å². The number of halogens is 4. The molecule has 2 unspecified atom stereocenters. The van der Waals surface area contributed by atoms with Crippen LogP contribution in [0.5, 0.6) is 0 Å². The number of benzene rings is 2. The summed E-state index contributed by atoms with van der Waals surface area (Å²) in [7, 11) is -3.91. The van der Waals surface area contributed by atoms with Crippen molar-refractivity contribution in [1.82, 2.24) is 0 Å². The Kier molecular flexibility index (Phi) is 5.80. The van der Waals surface area contributed by atoms with Gasteiger partial charge in [0.1, 0.15) is 0 Å². The van der Waals surface area contributed by atoms with E-state index in [1.807, 2.05) is 0 Å². The Morgan fingerprint density at radius 2 is 1.66 bits per heavy atom. The fraction of sp³-hybridized carbons (Fsp3) is 0.409. The number of sulfone groups is 1. The second-order valence-corrected chi connectivity index (χ2v) is 11.3. The molecule has 0 radical (unpaired) electrons. The Morgan fingerprint density at radius 1 is 1.09 bits per heavy atom. The number of carbonyl (C=O) groups is 1. The zero-order valence-corrected chi connectivity index (χ0v) is 18.6. The normalized spacial score (nSPS) is 27.4. The highest BCUT2D eigenvalue weighted by molar-refractivity contribution is 7.92. The average molecular weight is 488 g/mol. The third-order valence-corrected chi connectivity index (χ3v) is 9.45. The summed E-state index contributed by atoms with van der Waals surface area (Å²) in [6.45, 7) is 1.75. The van der Waals surface area contributed by atoms with Crippen LogP contribution in [-0.2, 0) is 9.84 Å². The highest BCUT2D eigenvalue weighted by atomic mass is 35.5. The molecule has 2 aliphatic carbocycles. The van der Waals surface area contributed by atoms with Gasteiger partial charge in [-0.3, -0.25) is 4.79 Å². The van der Waals surface area contributed by atoms with Crippen molar-refractivity contribution in [3.8, 4) is 0 Å². The predicted molar refractivity (Wildman–Crippen MR) is 113 cm³/mol. The van der Waals surface area contributed by atoms with Crippen molar-refractivity contribution in [3.05, 3.63) is 58.4 Å². The molecule has 2 saturated carbocycles. The van der Waals surface area contributed by atoms with Crippen molar-refractivity contribution in [2.24, 2.45) is 11.8 Å². The van der Waals surface area contributed by atoms with Crippen LogP contribution in [0.4, 0.5) is 18.9 Å². The van der Waals surface area contributed by atoms with Crippen LogP contribution in [0.1, 0.15) is 43.0 Å². The van der Waals surface area contributed by atoms with Crippen LogP contribution in [0.25, 0.3) is 0 Å². The van der Waals surface area contributed by atoms with Gasteiger partial charge in [-0.25, -0.2) is 21.6 Å². The van der Waals surface area contributed by atoms with Crippen molar-refractivity contribution < 1.29 is 31.5 Å². The van der Waals surface area contributed by atoms with Crippen molar-refractivity contribution in [2.45, 2.75) is 48.4 Å². The first kappa shape index (κ1) is 23.1. The molecule has 1 amide bonds. The van der Waals surface area contributed by atoms with Crippen LogP contribution < -0.4 is 5.32 Å². The maximum absolute atomic E-state index is 13.4. The van der Waals surface area contributed by atoms with Crippen LogP contribution in [-0.4, -0.2) is 30.3 Å². The van der Waals surface area contributed by atoms with Gasteiger partial charge in [0.15, 0.2) is 27.3 Å². The average Bonchev–Trinajstić information content (AvgIpc) is 2.88. The summed E-state index contributed by atoms with van der Waals surface area (Å²) in [6, 6.07) is 4.91. The maximum atomic E-state index is 13.4. The van der Waals surface area contributed by atoms with Crippen molar-refractivity contribution in [3.63, 3.8) is 0 Å². The lowest BCUT2D eigenvalue weighted by Crippen LogP contribution is -2.45. The number of nitrogens with one attached hydrogen (secondary N) is 1. The van der Waals surface area contributed by atoms with E-state index in [-0.39, 0.29) is 33.0 Å². The molecular weight excluding hydrogens is 467 g/mol. The van der Waals surface area contributed by atoms with E-state index in [2.05, 4.69) is 5.32 Å². The third-order valence-electron chi connectivity index (χ3n) is 6.79. The summed E-state index contributed by atoms with van der Waals surface area (Å²) in [5, 5.41) is 12.1. The topological polar surface area (TPSA) is 83.5 Å². The standard InChI is InChI=1S/C22H21ClF3NO4S/c1-22(29)12-3-4-13(22)8-15(7-12)32(30,31)19-6-11(2-5-16(19)23)21(28)27-14-9-17(24)20(26)18(25)10-14/h2,5-6,9-10,12-13,15,29H,3-4,7-8H2,1H3,(H,27,28)/t12?,13?,15-,22-. The summed E-state index contributed by atoms with van der Waals surface area (Å²) in [5.74, 6) is -5.70. The smallest absolute Gasteiger partial charge is 0.255 e. The summed E-state index contributed by atoms with van der Waals surface area (Å²) < 4.78 is 66.7. The maximum Gasteiger partial charge on any atom is 0.255 e. The molecule has 10 heteroatoms. The second kappa shape index (κ2) is 8.04. The number of aliphatic hydroxyl groups is 1. The van der Waals surface area contributed by atoms with Crippen molar-refractivity contribution in [1.29, 1.82) is 0 Å². The first-order chi connectivity index (χ1) is 14.9. The fourth-order valence-electron chi connectivity index (χ4n) is 4.89. The summed E-state index contributed by atoms with van der Waals surface area (Å²) >= 11 is 6.17.